The Hall–Kier alpha value is -0.940. The third-order valence-electron chi connectivity index (χ3n) is 3.52. The average molecular weight is 295 g/mol. The van der Waals surface area contributed by atoms with Gasteiger partial charge in [0.15, 0.2) is 0 Å². The molecule has 0 N–H and O–H groups in total. The van der Waals surface area contributed by atoms with Gasteiger partial charge in [-0.15, -0.1) is 4.37 Å². The van der Waals surface area contributed by atoms with Crippen molar-refractivity contribution in [1.29, 1.82) is 0 Å². The third kappa shape index (κ3) is 4.56. The number of unbranched alkanes of at least 4 members (excludes halogenated alkanes) is 1. The number of hydrogen-bond donors (Lipinski definition) is 0. The molecule has 2 rings (SSSR count). The summed E-state index contributed by atoms with van der Waals surface area (Å²) in [4.78, 5) is 2.31. The monoisotopic (exact) mass is 295 g/mol. The Morgan fingerprint density at radius 1 is 1.35 bits per heavy atom. The van der Waals surface area contributed by atoms with Crippen molar-refractivity contribution in [3.8, 4) is 5.88 Å². The number of ether oxygens (including phenoxy) is 1. The standard InChI is InChI=1S/C15H25N3OS/c1-12(2)7-4-5-10-19-15-14(16-20-17-15)13-8-6-9-18(3)11-13/h8,12H,4-7,9-11H2,1-3H3. The topological polar surface area (TPSA) is 38.3 Å². The Kier molecular flexibility index (Phi) is 5.98. The van der Waals surface area contributed by atoms with Crippen molar-refractivity contribution in [1.82, 2.24) is 13.6 Å². The Morgan fingerprint density at radius 3 is 2.95 bits per heavy atom. The van der Waals surface area contributed by atoms with Crippen LogP contribution in [0.1, 0.15) is 45.2 Å². The second-order valence-corrected chi connectivity index (χ2v) is 6.44. The van der Waals surface area contributed by atoms with Gasteiger partial charge in [-0.1, -0.05) is 26.3 Å². The lowest BCUT2D eigenvalue weighted by Gasteiger charge is -2.22. The van der Waals surface area contributed by atoms with E-state index in [1.807, 2.05) is 0 Å². The molecule has 0 fully saturated rings. The Labute approximate surface area is 126 Å². The van der Waals surface area contributed by atoms with Crippen LogP contribution in [0.3, 0.4) is 0 Å². The summed E-state index contributed by atoms with van der Waals surface area (Å²) in [6, 6.07) is 0. The molecule has 0 unspecified atom stereocenters. The van der Waals surface area contributed by atoms with Crippen molar-refractivity contribution in [2.75, 3.05) is 26.7 Å². The van der Waals surface area contributed by atoms with Crippen LogP contribution in [-0.2, 0) is 0 Å². The van der Waals surface area contributed by atoms with Crippen molar-refractivity contribution in [2.24, 2.45) is 5.92 Å². The lowest BCUT2D eigenvalue weighted by molar-refractivity contribution is 0.291. The van der Waals surface area contributed by atoms with Crippen LogP contribution in [0.15, 0.2) is 6.08 Å². The maximum Gasteiger partial charge on any atom is 0.253 e. The van der Waals surface area contributed by atoms with E-state index in [2.05, 4.69) is 40.6 Å². The van der Waals surface area contributed by atoms with Crippen LogP contribution in [0, 0.1) is 5.92 Å². The van der Waals surface area contributed by atoms with Gasteiger partial charge in [0.05, 0.1) is 18.3 Å². The van der Waals surface area contributed by atoms with Gasteiger partial charge in [-0.25, -0.2) is 0 Å². The molecule has 1 aliphatic rings. The zero-order chi connectivity index (χ0) is 14.4. The Morgan fingerprint density at radius 2 is 2.20 bits per heavy atom. The molecule has 0 aromatic carbocycles. The van der Waals surface area contributed by atoms with Gasteiger partial charge in [0.1, 0.15) is 5.69 Å². The molecule has 1 aromatic heterocycles. The minimum atomic E-state index is 0.723. The predicted octanol–water partition coefficient (Wildman–Crippen LogP) is 3.46. The summed E-state index contributed by atoms with van der Waals surface area (Å²) in [5, 5.41) is 0. The van der Waals surface area contributed by atoms with E-state index in [0.29, 0.717) is 0 Å². The zero-order valence-corrected chi connectivity index (χ0v) is 13.6. The van der Waals surface area contributed by atoms with Crippen LogP contribution >= 0.6 is 11.7 Å². The first kappa shape index (κ1) is 15.4. The quantitative estimate of drug-likeness (QED) is 0.722. The van der Waals surface area contributed by atoms with Gasteiger partial charge in [-0.3, -0.25) is 0 Å². The molecular weight excluding hydrogens is 270 g/mol. The van der Waals surface area contributed by atoms with E-state index in [4.69, 9.17) is 4.74 Å². The highest BCUT2D eigenvalue weighted by Crippen LogP contribution is 2.27. The summed E-state index contributed by atoms with van der Waals surface area (Å²) in [6.45, 7) is 7.32. The molecule has 0 bridgehead atoms. The van der Waals surface area contributed by atoms with E-state index < -0.39 is 0 Å². The van der Waals surface area contributed by atoms with E-state index in [-0.39, 0.29) is 0 Å². The van der Waals surface area contributed by atoms with Crippen molar-refractivity contribution in [3.63, 3.8) is 0 Å². The fourth-order valence-corrected chi connectivity index (χ4v) is 2.89. The summed E-state index contributed by atoms with van der Waals surface area (Å²) >= 11 is 1.25. The molecule has 20 heavy (non-hydrogen) atoms. The smallest absolute Gasteiger partial charge is 0.253 e. The normalized spacial score (nSPS) is 16.5. The molecule has 0 saturated carbocycles. The molecular formula is C15H25N3OS. The van der Waals surface area contributed by atoms with E-state index in [1.165, 1.54) is 30.1 Å². The fourth-order valence-electron chi connectivity index (χ4n) is 2.36. The lowest BCUT2D eigenvalue weighted by Crippen LogP contribution is -2.25. The van der Waals surface area contributed by atoms with E-state index in [0.717, 1.165) is 50.0 Å². The summed E-state index contributed by atoms with van der Waals surface area (Å²) in [7, 11) is 2.14. The molecule has 2 heterocycles. The number of nitrogens with zero attached hydrogens (tertiary/aromatic N) is 3. The summed E-state index contributed by atoms with van der Waals surface area (Å²) in [5.74, 6) is 1.50. The van der Waals surface area contributed by atoms with Gasteiger partial charge < -0.3 is 9.64 Å². The van der Waals surface area contributed by atoms with Gasteiger partial charge in [0.25, 0.3) is 5.88 Å². The van der Waals surface area contributed by atoms with Gasteiger partial charge >= 0.3 is 0 Å². The number of likely N-dealkylation sites (N-methyl/N-ethyl adjacent to an activating group) is 1. The summed E-state index contributed by atoms with van der Waals surface area (Å²) in [5.41, 5.74) is 2.20. The predicted molar refractivity (Wildman–Crippen MR) is 84.2 cm³/mol. The fraction of sp³-hybridized carbons (Fsp3) is 0.733. The molecule has 112 valence electrons. The first-order valence-electron chi connectivity index (χ1n) is 7.50. The first-order valence-corrected chi connectivity index (χ1v) is 8.23. The number of hydrogen-bond acceptors (Lipinski definition) is 5. The van der Waals surface area contributed by atoms with Crippen molar-refractivity contribution in [2.45, 2.75) is 39.5 Å². The van der Waals surface area contributed by atoms with E-state index >= 15 is 0 Å². The molecule has 0 radical (unpaired) electrons. The van der Waals surface area contributed by atoms with E-state index in [1.54, 1.807) is 0 Å². The number of aromatic nitrogens is 2. The highest BCUT2D eigenvalue weighted by atomic mass is 32.1. The molecule has 1 aromatic rings. The van der Waals surface area contributed by atoms with Crippen LogP contribution in [0.25, 0.3) is 5.57 Å². The van der Waals surface area contributed by atoms with Gasteiger partial charge in [-0.2, -0.15) is 4.37 Å². The van der Waals surface area contributed by atoms with Crippen LogP contribution in [0.4, 0.5) is 0 Å². The zero-order valence-electron chi connectivity index (χ0n) is 12.8. The average Bonchev–Trinajstić information content (AvgIpc) is 2.86. The lowest BCUT2D eigenvalue weighted by atomic mass is 10.1. The third-order valence-corrected chi connectivity index (χ3v) is 4.03. The van der Waals surface area contributed by atoms with E-state index in [9.17, 15) is 0 Å². The van der Waals surface area contributed by atoms with Gasteiger partial charge in [-0.05, 0) is 37.8 Å². The Balaban J connectivity index is 1.84. The summed E-state index contributed by atoms with van der Waals surface area (Å²) < 4.78 is 14.5. The molecule has 0 amide bonds. The maximum atomic E-state index is 5.82. The first-order chi connectivity index (χ1) is 9.66. The van der Waals surface area contributed by atoms with Gasteiger partial charge in [0, 0.05) is 13.1 Å². The molecule has 0 spiro atoms. The molecule has 5 heteroatoms. The second kappa shape index (κ2) is 7.74. The highest BCUT2D eigenvalue weighted by molar-refractivity contribution is 6.99. The van der Waals surface area contributed by atoms with Crippen molar-refractivity contribution >= 4 is 17.3 Å². The Bertz CT molecular complexity index is 442. The molecule has 0 saturated heterocycles. The van der Waals surface area contributed by atoms with Crippen LogP contribution in [-0.4, -0.2) is 40.4 Å². The van der Waals surface area contributed by atoms with Crippen molar-refractivity contribution < 1.29 is 4.74 Å². The van der Waals surface area contributed by atoms with Crippen LogP contribution in [0.5, 0.6) is 5.88 Å². The summed E-state index contributed by atoms with van der Waals surface area (Å²) in [6.07, 6.45) is 6.92. The highest BCUT2D eigenvalue weighted by Gasteiger charge is 2.18. The molecule has 1 aliphatic heterocycles. The van der Waals surface area contributed by atoms with Crippen LogP contribution < -0.4 is 4.74 Å². The SMILES string of the molecule is CC(C)CCCCOc1nsnc1C1=CCCN(C)C1. The molecule has 0 atom stereocenters. The minimum Gasteiger partial charge on any atom is -0.475 e. The largest absolute Gasteiger partial charge is 0.475 e. The van der Waals surface area contributed by atoms with Crippen LogP contribution in [0.2, 0.25) is 0 Å². The van der Waals surface area contributed by atoms with Gasteiger partial charge in [0.2, 0.25) is 0 Å². The minimum absolute atomic E-state index is 0.723. The second-order valence-electron chi connectivity index (χ2n) is 5.91. The number of rotatable bonds is 7. The molecule has 0 aliphatic carbocycles. The molecule has 4 nitrogen and oxygen atoms in total. The van der Waals surface area contributed by atoms with Crippen molar-refractivity contribution in [3.05, 3.63) is 11.8 Å². The maximum absolute atomic E-state index is 5.82.